The van der Waals surface area contributed by atoms with Crippen LogP contribution in [0.2, 0.25) is 0 Å². The molecule has 0 aromatic carbocycles. The van der Waals surface area contributed by atoms with Gasteiger partial charge < -0.3 is 15.0 Å². The number of aromatic nitrogens is 1. The van der Waals surface area contributed by atoms with Gasteiger partial charge in [-0.1, -0.05) is 6.92 Å². The molecule has 1 atom stereocenters. The number of anilines is 2. The topological polar surface area (TPSA) is 80.5 Å². The number of morpholine rings is 1. The van der Waals surface area contributed by atoms with Crippen LogP contribution in [-0.2, 0) is 4.74 Å². The number of hydrogen-bond acceptors (Lipinski definition) is 6. The number of nitro groups is 1. The molecule has 0 bridgehead atoms. The van der Waals surface area contributed by atoms with Crippen molar-refractivity contribution in [3.05, 3.63) is 22.2 Å². The predicted molar refractivity (Wildman–Crippen MR) is 77.3 cm³/mol. The molecule has 1 unspecified atom stereocenters. The van der Waals surface area contributed by atoms with Crippen molar-refractivity contribution in [2.45, 2.75) is 26.4 Å². The molecule has 2 rings (SSSR count). The number of nitrogens with one attached hydrogen (secondary N) is 1. The first-order valence-electron chi connectivity index (χ1n) is 6.87. The van der Waals surface area contributed by atoms with Gasteiger partial charge in [-0.3, -0.25) is 10.1 Å². The third kappa shape index (κ3) is 3.57. The van der Waals surface area contributed by atoms with E-state index in [1.807, 2.05) is 18.7 Å². The lowest BCUT2D eigenvalue weighted by atomic mass is 10.2. The van der Waals surface area contributed by atoms with E-state index in [4.69, 9.17) is 4.74 Å². The van der Waals surface area contributed by atoms with Gasteiger partial charge in [0.1, 0.15) is 11.6 Å². The van der Waals surface area contributed by atoms with Gasteiger partial charge in [-0.25, -0.2) is 4.98 Å². The third-order valence-corrected chi connectivity index (χ3v) is 3.13. The van der Waals surface area contributed by atoms with Crippen LogP contribution >= 0.6 is 0 Å². The highest BCUT2D eigenvalue weighted by Gasteiger charge is 2.21. The lowest BCUT2D eigenvalue weighted by Crippen LogP contribution is -2.41. The fourth-order valence-corrected chi connectivity index (χ4v) is 2.14. The fraction of sp³-hybridized carbons (Fsp3) is 0.615. The van der Waals surface area contributed by atoms with Gasteiger partial charge in [0, 0.05) is 19.6 Å². The highest BCUT2D eigenvalue weighted by Crippen LogP contribution is 2.24. The van der Waals surface area contributed by atoms with Crippen LogP contribution in [-0.4, -0.2) is 42.3 Å². The summed E-state index contributed by atoms with van der Waals surface area (Å²) in [7, 11) is 0. The van der Waals surface area contributed by atoms with Gasteiger partial charge in [-0.2, -0.15) is 0 Å². The molecule has 2 heterocycles. The van der Waals surface area contributed by atoms with Gasteiger partial charge in [-0.05, 0) is 13.3 Å². The lowest BCUT2D eigenvalue weighted by Gasteiger charge is -2.32. The summed E-state index contributed by atoms with van der Waals surface area (Å²) in [4.78, 5) is 17.1. The second-order valence-electron chi connectivity index (χ2n) is 4.88. The third-order valence-electron chi connectivity index (χ3n) is 3.13. The number of ether oxygens (including phenoxy) is 1. The number of hydrogen-bond donors (Lipinski definition) is 1. The maximum Gasteiger partial charge on any atom is 0.276 e. The Morgan fingerprint density at radius 3 is 3.05 bits per heavy atom. The maximum absolute atomic E-state index is 11.0. The van der Waals surface area contributed by atoms with Gasteiger partial charge >= 0.3 is 0 Å². The number of nitrogens with zero attached hydrogens (tertiary/aromatic N) is 3. The number of rotatable bonds is 5. The van der Waals surface area contributed by atoms with Crippen molar-refractivity contribution in [1.29, 1.82) is 0 Å². The van der Waals surface area contributed by atoms with E-state index in [1.54, 1.807) is 0 Å². The summed E-state index contributed by atoms with van der Waals surface area (Å²) in [6.07, 6.45) is 1.05. The molecule has 1 N–H and O–H groups in total. The minimum absolute atomic E-state index is 0.0627. The molecule has 0 radical (unpaired) electrons. The second kappa shape index (κ2) is 6.51. The van der Waals surface area contributed by atoms with Crippen molar-refractivity contribution in [2.24, 2.45) is 0 Å². The van der Waals surface area contributed by atoms with E-state index in [-0.39, 0.29) is 16.7 Å². The zero-order valence-corrected chi connectivity index (χ0v) is 11.8. The summed E-state index contributed by atoms with van der Waals surface area (Å²) in [5.41, 5.74) is 0.0627. The molecule has 1 aromatic rings. The monoisotopic (exact) mass is 280 g/mol. The molecule has 7 heteroatoms. The molecule has 0 amide bonds. The highest BCUT2D eigenvalue weighted by atomic mass is 16.6. The molecule has 110 valence electrons. The summed E-state index contributed by atoms with van der Waals surface area (Å²) in [6, 6.07) is 3.00. The molecule has 7 nitrogen and oxygen atoms in total. The molecule has 20 heavy (non-hydrogen) atoms. The van der Waals surface area contributed by atoms with E-state index in [1.165, 1.54) is 12.1 Å². The standard InChI is InChI=1S/C13H20N4O3/c1-3-4-14-12-7-11(17(18)19)8-13(15-12)16-5-6-20-10(2)9-16/h7-8,10H,3-6,9H2,1-2H3,(H,14,15). The van der Waals surface area contributed by atoms with Gasteiger partial charge in [0.05, 0.1) is 29.8 Å². The van der Waals surface area contributed by atoms with Crippen LogP contribution in [0, 0.1) is 10.1 Å². The first-order chi connectivity index (χ1) is 9.60. The molecule has 0 aliphatic carbocycles. The summed E-state index contributed by atoms with van der Waals surface area (Å²) in [5, 5.41) is 14.1. The highest BCUT2D eigenvalue weighted by molar-refractivity contribution is 5.56. The maximum atomic E-state index is 11.0. The predicted octanol–water partition coefficient (Wildman–Crippen LogP) is 2.04. The van der Waals surface area contributed by atoms with E-state index in [0.29, 0.717) is 31.3 Å². The quantitative estimate of drug-likeness (QED) is 0.656. The Hall–Kier alpha value is -1.89. The molecular weight excluding hydrogens is 260 g/mol. The van der Waals surface area contributed by atoms with Crippen LogP contribution in [0.1, 0.15) is 20.3 Å². The van der Waals surface area contributed by atoms with Crippen LogP contribution < -0.4 is 10.2 Å². The average molecular weight is 280 g/mol. The van der Waals surface area contributed by atoms with Crippen LogP contribution in [0.4, 0.5) is 17.3 Å². The van der Waals surface area contributed by atoms with Gasteiger partial charge in [0.2, 0.25) is 0 Å². The van der Waals surface area contributed by atoms with E-state index < -0.39 is 0 Å². The van der Waals surface area contributed by atoms with Crippen LogP contribution in [0.5, 0.6) is 0 Å². The SMILES string of the molecule is CCCNc1cc([N+](=O)[O-])cc(N2CCOC(C)C2)n1. The smallest absolute Gasteiger partial charge is 0.276 e. The average Bonchev–Trinajstić information content (AvgIpc) is 2.44. The molecule has 1 aliphatic heterocycles. The summed E-state index contributed by atoms with van der Waals surface area (Å²) < 4.78 is 5.48. The lowest BCUT2D eigenvalue weighted by molar-refractivity contribution is -0.384. The Labute approximate surface area is 118 Å². The molecular formula is C13H20N4O3. The Balaban J connectivity index is 2.25. The zero-order chi connectivity index (χ0) is 14.5. The van der Waals surface area contributed by atoms with E-state index >= 15 is 0 Å². The molecule has 1 saturated heterocycles. The fourth-order valence-electron chi connectivity index (χ4n) is 2.14. The van der Waals surface area contributed by atoms with Crippen LogP contribution in [0.25, 0.3) is 0 Å². The Bertz CT molecular complexity index is 481. The first kappa shape index (κ1) is 14.5. The zero-order valence-electron chi connectivity index (χ0n) is 11.8. The summed E-state index contributed by atoms with van der Waals surface area (Å²) in [6.45, 7) is 6.78. The van der Waals surface area contributed by atoms with Crippen molar-refractivity contribution in [3.63, 3.8) is 0 Å². The molecule has 0 spiro atoms. The van der Waals surface area contributed by atoms with E-state index in [0.717, 1.165) is 13.0 Å². The Kier molecular flexibility index (Phi) is 4.73. The van der Waals surface area contributed by atoms with Crippen molar-refractivity contribution >= 4 is 17.3 Å². The van der Waals surface area contributed by atoms with Crippen molar-refractivity contribution < 1.29 is 9.66 Å². The van der Waals surface area contributed by atoms with Crippen molar-refractivity contribution in [3.8, 4) is 0 Å². The minimum atomic E-state index is -0.383. The van der Waals surface area contributed by atoms with Crippen LogP contribution in [0.15, 0.2) is 12.1 Å². The Morgan fingerprint density at radius 2 is 2.40 bits per heavy atom. The summed E-state index contributed by atoms with van der Waals surface area (Å²) >= 11 is 0. The largest absolute Gasteiger partial charge is 0.375 e. The molecule has 1 aromatic heterocycles. The number of pyridine rings is 1. The van der Waals surface area contributed by atoms with Gasteiger partial charge in [-0.15, -0.1) is 0 Å². The minimum Gasteiger partial charge on any atom is -0.375 e. The molecule has 1 fully saturated rings. The van der Waals surface area contributed by atoms with Crippen molar-refractivity contribution in [1.82, 2.24) is 4.98 Å². The van der Waals surface area contributed by atoms with E-state index in [9.17, 15) is 10.1 Å². The normalized spacial score (nSPS) is 18.9. The van der Waals surface area contributed by atoms with Gasteiger partial charge in [0.25, 0.3) is 5.69 Å². The second-order valence-corrected chi connectivity index (χ2v) is 4.88. The molecule has 1 aliphatic rings. The van der Waals surface area contributed by atoms with Crippen LogP contribution in [0.3, 0.4) is 0 Å². The van der Waals surface area contributed by atoms with Gasteiger partial charge in [0.15, 0.2) is 0 Å². The molecule has 0 saturated carbocycles. The van der Waals surface area contributed by atoms with Crippen molar-refractivity contribution in [2.75, 3.05) is 36.5 Å². The Morgan fingerprint density at radius 1 is 1.60 bits per heavy atom. The van der Waals surface area contributed by atoms with E-state index in [2.05, 4.69) is 10.3 Å². The summed E-state index contributed by atoms with van der Waals surface area (Å²) in [5.74, 6) is 1.18. The first-order valence-corrected chi connectivity index (χ1v) is 6.87.